The van der Waals surface area contributed by atoms with E-state index in [1.54, 1.807) is 24.3 Å². The molecule has 1 amide bonds. The number of carbonyl (C=O) groups excluding carboxylic acids is 1. The number of nitrogens with one attached hydrogen (secondary N) is 1. The van der Waals surface area contributed by atoms with Gasteiger partial charge in [-0.1, -0.05) is 72.3 Å². The minimum atomic E-state index is -0.602. The van der Waals surface area contributed by atoms with Crippen molar-refractivity contribution in [3.05, 3.63) is 107 Å². The van der Waals surface area contributed by atoms with Crippen molar-refractivity contribution in [3.63, 3.8) is 0 Å². The molecule has 0 bridgehead atoms. The fraction of sp³-hybridized carbons (Fsp3) is 0.0455. The van der Waals surface area contributed by atoms with Crippen LogP contribution in [0.5, 0.6) is 0 Å². The van der Waals surface area contributed by atoms with Gasteiger partial charge >= 0.3 is 0 Å². The van der Waals surface area contributed by atoms with E-state index >= 15 is 0 Å². The molecule has 0 spiro atoms. The Morgan fingerprint density at radius 2 is 1.50 bits per heavy atom. The summed E-state index contributed by atoms with van der Waals surface area (Å²) in [4.78, 5) is 12.8. The molecular formula is C22H16ClN3O2. The Kier molecular flexibility index (Phi) is 5.17. The minimum absolute atomic E-state index is 0.297. The van der Waals surface area contributed by atoms with Crippen LogP contribution in [0.2, 0.25) is 5.02 Å². The number of halogens is 1. The second kappa shape index (κ2) is 8.06. The Labute approximate surface area is 167 Å². The Morgan fingerprint density at radius 3 is 2.21 bits per heavy atom. The lowest BCUT2D eigenvalue weighted by Gasteiger charge is -2.16. The van der Waals surface area contributed by atoms with Gasteiger partial charge in [-0.15, -0.1) is 10.2 Å². The van der Waals surface area contributed by atoms with Crippen LogP contribution in [0.25, 0.3) is 11.5 Å². The van der Waals surface area contributed by atoms with Gasteiger partial charge in [-0.2, -0.15) is 0 Å². The van der Waals surface area contributed by atoms with Crippen molar-refractivity contribution in [2.75, 3.05) is 0 Å². The van der Waals surface area contributed by atoms with E-state index in [9.17, 15) is 4.79 Å². The molecule has 0 radical (unpaired) electrons. The van der Waals surface area contributed by atoms with Crippen molar-refractivity contribution in [2.24, 2.45) is 0 Å². The minimum Gasteiger partial charge on any atom is -0.418 e. The van der Waals surface area contributed by atoms with E-state index in [0.29, 0.717) is 22.4 Å². The third-order valence-corrected chi connectivity index (χ3v) is 4.56. The highest BCUT2D eigenvalue weighted by Gasteiger charge is 2.24. The summed E-state index contributed by atoms with van der Waals surface area (Å²) in [5.74, 6) is 0.368. The molecule has 1 heterocycles. The zero-order chi connectivity index (χ0) is 19.3. The topological polar surface area (TPSA) is 68.0 Å². The molecular weight excluding hydrogens is 374 g/mol. The third-order valence-electron chi connectivity index (χ3n) is 4.24. The van der Waals surface area contributed by atoms with Crippen molar-refractivity contribution in [2.45, 2.75) is 6.04 Å². The van der Waals surface area contributed by atoms with Crippen molar-refractivity contribution >= 4 is 17.5 Å². The second-order valence-corrected chi connectivity index (χ2v) is 6.52. The summed E-state index contributed by atoms with van der Waals surface area (Å²) in [6.07, 6.45) is 0. The first-order valence-electron chi connectivity index (χ1n) is 8.71. The lowest BCUT2D eigenvalue weighted by Crippen LogP contribution is -2.29. The molecule has 6 heteroatoms. The van der Waals surface area contributed by atoms with Gasteiger partial charge in [0.25, 0.3) is 5.91 Å². The molecule has 0 saturated heterocycles. The zero-order valence-corrected chi connectivity index (χ0v) is 15.5. The average Bonchev–Trinajstić information content (AvgIpc) is 3.23. The maximum atomic E-state index is 12.8. The standard InChI is InChI=1S/C22H16ClN3O2/c23-18-14-8-7-13-17(18)20(27)24-19(15-9-3-1-4-10-15)22-26-25-21(28-22)16-11-5-2-6-12-16/h1-14,19H,(H,24,27)/t19-/m1/s1. The lowest BCUT2D eigenvalue weighted by molar-refractivity contribution is 0.0938. The van der Waals surface area contributed by atoms with Gasteiger partial charge in [0.2, 0.25) is 11.8 Å². The largest absolute Gasteiger partial charge is 0.418 e. The molecule has 3 aromatic carbocycles. The molecule has 28 heavy (non-hydrogen) atoms. The van der Waals surface area contributed by atoms with Gasteiger partial charge in [0, 0.05) is 5.56 Å². The summed E-state index contributed by atoms with van der Waals surface area (Å²) in [5, 5.41) is 11.6. The summed E-state index contributed by atoms with van der Waals surface area (Å²) in [6.45, 7) is 0. The maximum Gasteiger partial charge on any atom is 0.253 e. The molecule has 4 rings (SSSR count). The van der Waals surface area contributed by atoms with Crippen LogP contribution in [0.1, 0.15) is 27.9 Å². The Hall–Kier alpha value is -3.44. The van der Waals surface area contributed by atoms with Gasteiger partial charge in [-0.05, 0) is 29.8 Å². The van der Waals surface area contributed by atoms with Crippen LogP contribution < -0.4 is 5.32 Å². The Balaban J connectivity index is 1.68. The first-order chi connectivity index (χ1) is 13.7. The van der Waals surface area contributed by atoms with Crippen molar-refractivity contribution in [1.29, 1.82) is 0 Å². The first-order valence-corrected chi connectivity index (χ1v) is 9.09. The molecule has 1 aromatic heterocycles. The number of hydrogen-bond donors (Lipinski definition) is 1. The fourth-order valence-electron chi connectivity index (χ4n) is 2.84. The molecule has 0 aliphatic carbocycles. The molecule has 1 atom stereocenters. The summed E-state index contributed by atoms with van der Waals surface area (Å²) in [7, 11) is 0. The van der Waals surface area contributed by atoms with E-state index in [0.717, 1.165) is 11.1 Å². The number of nitrogens with zero attached hydrogens (tertiary/aromatic N) is 2. The molecule has 0 saturated carbocycles. The number of rotatable bonds is 5. The van der Waals surface area contributed by atoms with Crippen LogP contribution in [0.4, 0.5) is 0 Å². The smallest absolute Gasteiger partial charge is 0.253 e. The highest BCUT2D eigenvalue weighted by molar-refractivity contribution is 6.33. The molecule has 0 fully saturated rings. The quantitative estimate of drug-likeness (QED) is 0.526. The van der Waals surface area contributed by atoms with Crippen LogP contribution in [-0.4, -0.2) is 16.1 Å². The predicted octanol–water partition coefficient (Wildman–Crippen LogP) is 4.91. The highest BCUT2D eigenvalue weighted by atomic mass is 35.5. The third kappa shape index (κ3) is 3.80. The van der Waals surface area contributed by atoms with Crippen molar-refractivity contribution < 1.29 is 9.21 Å². The maximum absolute atomic E-state index is 12.8. The molecule has 0 aliphatic rings. The van der Waals surface area contributed by atoms with E-state index in [-0.39, 0.29) is 5.91 Å². The van der Waals surface area contributed by atoms with Gasteiger partial charge in [0.15, 0.2) is 0 Å². The number of hydrogen-bond acceptors (Lipinski definition) is 4. The van der Waals surface area contributed by atoms with Gasteiger partial charge in [0.05, 0.1) is 10.6 Å². The summed E-state index contributed by atoms with van der Waals surface area (Å²) < 4.78 is 5.88. The summed E-state index contributed by atoms with van der Waals surface area (Å²) in [5.41, 5.74) is 2.02. The van der Waals surface area contributed by atoms with Gasteiger partial charge in [-0.25, -0.2) is 0 Å². The van der Waals surface area contributed by atoms with E-state index in [1.807, 2.05) is 60.7 Å². The normalized spacial score (nSPS) is 11.8. The van der Waals surface area contributed by atoms with Crippen LogP contribution >= 0.6 is 11.6 Å². The van der Waals surface area contributed by atoms with Gasteiger partial charge < -0.3 is 9.73 Å². The van der Waals surface area contributed by atoms with E-state index < -0.39 is 6.04 Å². The monoisotopic (exact) mass is 389 g/mol. The Morgan fingerprint density at radius 1 is 0.857 bits per heavy atom. The number of aromatic nitrogens is 2. The SMILES string of the molecule is O=C(N[C@H](c1ccccc1)c1nnc(-c2ccccc2)o1)c1ccccc1Cl. The van der Waals surface area contributed by atoms with Crippen LogP contribution in [0.3, 0.4) is 0 Å². The van der Waals surface area contributed by atoms with Gasteiger partial charge in [-0.3, -0.25) is 4.79 Å². The molecule has 1 N–H and O–H groups in total. The number of carbonyl (C=O) groups is 1. The molecule has 0 aliphatic heterocycles. The Bertz CT molecular complexity index is 1080. The molecule has 4 aromatic rings. The predicted molar refractivity (Wildman–Crippen MR) is 107 cm³/mol. The second-order valence-electron chi connectivity index (χ2n) is 6.11. The van der Waals surface area contributed by atoms with E-state index in [4.69, 9.17) is 16.0 Å². The van der Waals surface area contributed by atoms with E-state index in [2.05, 4.69) is 15.5 Å². The number of benzene rings is 3. The summed E-state index contributed by atoms with van der Waals surface area (Å²) in [6, 6.07) is 25.2. The summed E-state index contributed by atoms with van der Waals surface area (Å²) >= 11 is 6.17. The first kappa shape index (κ1) is 17.9. The lowest BCUT2D eigenvalue weighted by atomic mass is 10.1. The highest BCUT2D eigenvalue weighted by Crippen LogP contribution is 2.26. The average molecular weight is 390 g/mol. The van der Waals surface area contributed by atoms with E-state index in [1.165, 1.54) is 0 Å². The van der Waals surface area contributed by atoms with Crippen LogP contribution in [0.15, 0.2) is 89.3 Å². The fourth-order valence-corrected chi connectivity index (χ4v) is 3.06. The molecule has 0 unspecified atom stereocenters. The molecule has 138 valence electrons. The van der Waals surface area contributed by atoms with Crippen molar-refractivity contribution in [1.82, 2.24) is 15.5 Å². The van der Waals surface area contributed by atoms with Gasteiger partial charge in [0.1, 0.15) is 6.04 Å². The number of amides is 1. The molecule has 5 nitrogen and oxygen atoms in total. The zero-order valence-electron chi connectivity index (χ0n) is 14.7. The van der Waals surface area contributed by atoms with Crippen LogP contribution in [0, 0.1) is 0 Å². The van der Waals surface area contributed by atoms with Crippen LogP contribution in [-0.2, 0) is 0 Å². The van der Waals surface area contributed by atoms with Crippen molar-refractivity contribution in [3.8, 4) is 11.5 Å².